The van der Waals surface area contributed by atoms with Crippen molar-refractivity contribution in [2.45, 2.75) is 31.7 Å². The molecule has 0 atom stereocenters. The summed E-state index contributed by atoms with van der Waals surface area (Å²) in [6.45, 7) is 0. The molecule has 5 rings (SSSR count). The van der Waals surface area contributed by atoms with Crippen molar-refractivity contribution >= 4 is 46.0 Å². The Kier molecular flexibility index (Phi) is 5.34. The Labute approximate surface area is 185 Å². The van der Waals surface area contributed by atoms with Crippen molar-refractivity contribution < 1.29 is 4.74 Å². The first-order valence-electron chi connectivity index (χ1n) is 10.4. The summed E-state index contributed by atoms with van der Waals surface area (Å²) in [5, 5.41) is 7.38. The lowest BCUT2D eigenvalue weighted by Gasteiger charge is -2.16. The Morgan fingerprint density at radius 2 is 1.81 bits per heavy atom. The number of aromatic nitrogens is 4. The maximum Gasteiger partial charge on any atom is 0.229 e. The van der Waals surface area contributed by atoms with Crippen LogP contribution in [0.25, 0.3) is 11.2 Å². The number of halogens is 1. The van der Waals surface area contributed by atoms with Gasteiger partial charge in [-0.15, -0.1) is 0 Å². The second-order valence-electron chi connectivity index (χ2n) is 7.63. The number of rotatable bonds is 6. The molecule has 1 fully saturated rings. The molecule has 0 bridgehead atoms. The quantitative estimate of drug-likeness (QED) is 0.382. The van der Waals surface area contributed by atoms with Gasteiger partial charge in [-0.05, 0) is 55.3 Å². The summed E-state index contributed by atoms with van der Waals surface area (Å²) < 4.78 is 7.44. The topological polar surface area (TPSA) is 76.9 Å². The van der Waals surface area contributed by atoms with Crippen LogP contribution in [0.15, 0.2) is 54.7 Å². The van der Waals surface area contributed by atoms with Gasteiger partial charge in [0.15, 0.2) is 5.65 Å². The fourth-order valence-corrected chi connectivity index (χ4v) is 4.24. The lowest BCUT2D eigenvalue weighted by Crippen LogP contribution is -2.10. The van der Waals surface area contributed by atoms with E-state index in [0.29, 0.717) is 17.0 Å². The van der Waals surface area contributed by atoms with Gasteiger partial charge in [-0.1, -0.05) is 30.5 Å². The zero-order valence-corrected chi connectivity index (χ0v) is 17.9. The predicted molar refractivity (Wildman–Crippen MR) is 124 cm³/mol. The van der Waals surface area contributed by atoms with Gasteiger partial charge in [-0.2, -0.15) is 4.98 Å². The van der Waals surface area contributed by atoms with Gasteiger partial charge < -0.3 is 15.4 Å². The Balaban J connectivity index is 1.52. The molecule has 2 aromatic carbocycles. The highest BCUT2D eigenvalue weighted by molar-refractivity contribution is 6.30. The zero-order chi connectivity index (χ0) is 21.2. The first kappa shape index (κ1) is 19.6. The van der Waals surface area contributed by atoms with Crippen molar-refractivity contribution in [1.29, 1.82) is 0 Å². The maximum atomic E-state index is 6.17. The third-order valence-corrected chi connectivity index (χ3v) is 5.78. The number of anilines is 4. The third kappa shape index (κ3) is 4.14. The first-order valence-corrected chi connectivity index (χ1v) is 10.8. The minimum absolute atomic E-state index is 0.357. The van der Waals surface area contributed by atoms with Crippen LogP contribution >= 0.6 is 11.6 Å². The summed E-state index contributed by atoms with van der Waals surface area (Å²) in [4.78, 5) is 14.1. The molecule has 1 aliphatic rings. The van der Waals surface area contributed by atoms with Crippen molar-refractivity contribution in [3.8, 4) is 5.75 Å². The van der Waals surface area contributed by atoms with Gasteiger partial charge in [0.25, 0.3) is 0 Å². The minimum atomic E-state index is 0.357. The monoisotopic (exact) mass is 434 g/mol. The van der Waals surface area contributed by atoms with Crippen LogP contribution in [0, 0.1) is 0 Å². The molecule has 0 radical (unpaired) electrons. The van der Waals surface area contributed by atoms with E-state index < -0.39 is 0 Å². The Morgan fingerprint density at radius 3 is 2.55 bits per heavy atom. The Hall–Kier alpha value is -3.32. The molecular formula is C23H23ClN6O. The second kappa shape index (κ2) is 8.43. The van der Waals surface area contributed by atoms with E-state index in [1.807, 2.05) is 48.5 Å². The number of hydrogen-bond donors (Lipinski definition) is 2. The molecule has 7 nitrogen and oxygen atoms in total. The predicted octanol–water partition coefficient (Wildman–Crippen LogP) is 6.09. The lowest BCUT2D eigenvalue weighted by molar-refractivity contribution is 0.415. The van der Waals surface area contributed by atoms with Crippen LogP contribution in [-0.4, -0.2) is 26.6 Å². The third-order valence-electron chi connectivity index (χ3n) is 5.55. The summed E-state index contributed by atoms with van der Waals surface area (Å²) >= 11 is 6.17. The van der Waals surface area contributed by atoms with Gasteiger partial charge in [0.2, 0.25) is 11.9 Å². The molecule has 0 aliphatic heterocycles. The van der Waals surface area contributed by atoms with Crippen molar-refractivity contribution in [3.05, 3.63) is 59.8 Å². The van der Waals surface area contributed by atoms with E-state index in [9.17, 15) is 0 Å². The molecule has 158 valence electrons. The maximum absolute atomic E-state index is 6.17. The van der Waals surface area contributed by atoms with Gasteiger partial charge in [0.1, 0.15) is 11.3 Å². The van der Waals surface area contributed by atoms with Gasteiger partial charge in [-0.25, -0.2) is 9.97 Å². The average molecular weight is 435 g/mol. The molecule has 2 aromatic heterocycles. The van der Waals surface area contributed by atoms with E-state index >= 15 is 0 Å². The van der Waals surface area contributed by atoms with E-state index in [2.05, 4.69) is 20.2 Å². The fraction of sp³-hybridized carbons (Fsp3) is 0.261. The van der Waals surface area contributed by atoms with Gasteiger partial charge >= 0.3 is 0 Å². The normalized spacial score (nSPS) is 14.1. The van der Waals surface area contributed by atoms with Crippen LogP contribution in [0.3, 0.4) is 0 Å². The largest absolute Gasteiger partial charge is 0.497 e. The van der Waals surface area contributed by atoms with E-state index in [4.69, 9.17) is 26.3 Å². The number of methoxy groups -OCH3 is 1. The number of hydrogen-bond acceptors (Lipinski definition) is 6. The number of fused-ring (bicyclic) bond motifs is 1. The molecular weight excluding hydrogens is 412 g/mol. The van der Waals surface area contributed by atoms with E-state index in [-0.39, 0.29) is 0 Å². The molecule has 0 spiro atoms. The molecule has 0 amide bonds. The molecule has 2 N–H and O–H groups in total. The summed E-state index contributed by atoms with van der Waals surface area (Å²) in [7, 11) is 1.65. The summed E-state index contributed by atoms with van der Waals surface area (Å²) in [6, 6.07) is 15.7. The van der Waals surface area contributed by atoms with Crippen molar-refractivity contribution in [1.82, 2.24) is 19.5 Å². The SMILES string of the molecule is COc1ccc(Nc2ncc3nc(Nc4cccc(Cl)c4)n(C4CCCC4)c3n2)cc1. The van der Waals surface area contributed by atoms with Crippen LogP contribution < -0.4 is 15.4 Å². The van der Waals surface area contributed by atoms with Crippen LogP contribution in [0.2, 0.25) is 5.02 Å². The molecule has 1 saturated carbocycles. The highest BCUT2D eigenvalue weighted by Crippen LogP contribution is 2.36. The van der Waals surface area contributed by atoms with Gasteiger partial charge in [0.05, 0.1) is 13.3 Å². The zero-order valence-electron chi connectivity index (χ0n) is 17.2. The number of nitrogens with zero attached hydrogens (tertiary/aromatic N) is 4. The number of imidazole rings is 1. The highest BCUT2D eigenvalue weighted by Gasteiger charge is 2.24. The second-order valence-corrected chi connectivity index (χ2v) is 8.07. The summed E-state index contributed by atoms with van der Waals surface area (Å²) in [5.74, 6) is 2.10. The minimum Gasteiger partial charge on any atom is -0.497 e. The van der Waals surface area contributed by atoms with E-state index in [1.165, 1.54) is 12.8 Å². The van der Waals surface area contributed by atoms with Crippen molar-refractivity contribution in [2.75, 3.05) is 17.7 Å². The number of ether oxygens (including phenoxy) is 1. The van der Waals surface area contributed by atoms with Crippen LogP contribution in [0.4, 0.5) is 23.3 Å². The smallest absolute Gasteiger partial charge is 0.229 e. The lowest BCUT2D eigenvalue weighted by atomic mass is 10.2. The summed E-state index contributed by atoms with van der Waals surface area (Å²) in [5.41, 5.74) is 3.37. The molecule has 8 heteroatoms. The first-order chi connectivity index (χ1) is 15.2. The molecule has 2 heterocycles. The molecule has 0 unspecified atom stereocenters. The Bertz CT molecular complexity index is 1200. The van der Waals surface area contributed by atoms with Crippen LogP contribution in [0.5, 0.6) is 5.75 Å². The standard InChI is InChI=1S/C23H23ClN6O/c1-31-19-11-9-16(10-12-19)26-22-25-14-20-21(29-22)30(18-7-2-3-8-18)23(28-20)27-17-6-4-5-15(24)13-17/h4-6,9-14,18H,2-3,7-8H2,1H3,(H,27,28)(H,25,26,29). The van der Waals surface area contributed by atoms with Crippen LogP contribution in [0.1, 0.15) is 31.7 Å². The van der Waals surface area contributed by atoms with Crippen LogP contribution in [-0.2, 0) is 0 Å². The molecule has 0 saturated heterocycles. The fourth-order valence-electron chi connectivity index (χ4n) is 4.05. The van der Waals surface area contributed by atoms with Crippen molar-refractivity contribution in [2.24, 2.45) is 0 Å². The Morgan fingerprint density at radius 1 is 1.00 bits per heavy atom. The van der Waals surface area contributed by atoms with E-state index in [1.54, 1.807) is 13.3 Å². The average Bonchev–Trinajstić information content (AvgIpc) is 3.41. The van der Waals surface area contributed by atoms with E-state index in [0.717, 1.165) is 47.1 Å². The molecule has 4 aromatic rings. The molecule has 31 heavy (non-hydrogen) atoms. The molecule has 1 aliphatic carbocycles. The number of nitrogens with one attached hydrogen (secondary N) is 2. The van der Waals surface area contributed by atoms with Gasteiger partial charge in [-0.3, -0.25) is 4.57 Å². The number of benzene rings is 2. The summed E-state index contributed by atoms with van der Waals surface area (Å²) in [6.07, 6.45) is 6.41. The van der Waals surface area contributed by atoms with Gasteiger partial charge in [0, 0.05) is 22.4 Å². The highest BCUT2D eigenvalue weighted by atomic mass is 35.5. The van der Waals surface area contributed by atoms with Crippen molar-refractivity contribution in [3.63, 3.8) is 0 Å².